The summed E-state index contributed by atoms with van der Waals surface area (Å²) in [5, 5.41) is 2.62. The molecule has 1 N–H and O–H groups in total. The Hall–Kier alpha value is -0.690. The van der Waals surface area contributed by atoms with Crippen LogP contribution in [0, 0.1) is 0 Å². The van der Waals surface area contributed by atoms with Gasteiger partial charge < -0.3 is 5.32 Å². The summed E-state index contributed by atoms with van der Waals surface area (Å²) < 4.78 is 36.3. The van der Waals surface area contributed by atoms with Crippen LogP contribution in [0.4, 0.5) is 18.9 Å². The predicted molar refractivity (Wildman–Crippen MR) is 65.6 cm³/mol. The van der Waals surface area contributed by atoms with Gasteiger partial charge in [0.05, 0.1) is 16.8 Å². The number of benzene rings is 1. The number of thioether (sulfide) groups is 1. The van der Waals surface area contributed by atoms with Gasteiger partial charge in [-0.3, -0.25) is 4.79 Å². The number of para-hydroxylation sites is 1. The van der Waals surface area contributed by atoms with E-state index in [1.54, 1.807) is 24.3 Å². The number of nitrogens with one attached hydrogen (secondary N) is 1. The number of rotatable bonds is 4. The number of amides is 1. The Balaban J connectivity index is 2.74. The molecule has 7 heteroatoms. The molecule has 0 radical (unpaired) electrons. The van der Waals surface area contributed by atoms with Gasteiger partial charge in [-0.05, 0) is 12.1 Å². The first-order chi connectivity index (χ1) is 7.92. The molecule has 0 fully saturated rings. The molecule has 0 atom stereocenters. The van der Waals surface area contributed by atoms with Crippen molar-refractivity contribution < 1.29 is 18.0 Å². The van der Waals surface area contributed by atoms with Gasteiger partial charge in [0, 0.05) is 4.90 Å². The summed E-state index contributed by atoms with van der Waals surface area (Å²) in [4.78, 5) is 11.5. The fourth-order valence-corrected chi connectivity index (χ4v) is 1.95. The maximum atomic E-state index is 12.1. The van der Waals surface area contributed by atoms with Crippen LogP contribution in [0.3, 0.4) is 0 Å². The third-order valence-corrected chi connectivity index (χ3v) is 3.32. The first-order valence-corrected chi connectivity index (χ1v) is 6.67. The first-order valence-electron chi connectivity index (χ1n) is 4.57. The average Bonchev–Trinajstić information content (AvgIpc) is 2.26. The van der Waals surface area contributed by atoms with E-state index in [9.17, 15) is 18.0 Å². The fraction of sp³-hybridized carbons (Fsp3) is 0.300. The number of hydrogen-bond acceptors (Lipinski definition) is 2. The van der Waals surface area contributed by atoms with Crippen LogP contribution < -0.4 is 5.32 Å². The van der Waals surface area contributed by atoms with Gasteiger partial charge in [-0.2, -0.15) is 13.2 Å². The van der Waals surface area contributed by atoms with E-state index < -0.39 is 11.9 Å². The Morgan fingerprint density at radius 2 is 2.00 bits per heavy atom. The molecule has 0 saturated carbocycles. The van der Waals surface area contributed by atoms with Crippen LogP contribution in [0.25, 0.3) is 0 Å². The average molecular weight is 328 g/mol. The van der Waals surface area contributed by atoms with Crippen molar-refractivity contribution >= 4 is 39.3 Å². The summed E-state index contributed by atoms with van der Waals surface area (Å²) in [7, 11) is 0. The SMILES string of the molecule is O=C(CBr)Nc1ccccc1SCC(F)(F)F. The Kier molecular flexibility index (Phi) is 5.32. The highest BCUT2D eigenvalue weighted by Crippen LogP contribution is 2.31. The van der Waals surface area contributed by atoms with E-state index in [2.05, 4.69) is 21.2 Å². The topological polar surface area (TPSA) is 29.1 Å². The zero-order valence-corrected chi connectivity index (χ0v) is 11.0. The zero-order chi connectivity index (χ0) is 12.9. The van der Waals surface area contributed by atoms with E-state index in [4.69, 9.17) is 0 Å². The maximum absolute atomic E-state index is 12.1. The second-order valence-corrected chi connectivity index (χ2v) is 4.66. The monoisotopic (exact) mass is 327 g/mol. The van der Waals surface area contributed by atoms with Gasteiger partial charge in [-0.25, -0.2) is 0 Å². The molecule has 1 aromatic carbocycles. The lowest BCUT2D eigenvalue weighted by Crippen LogP contribution is -2.14. The van der Waals surface area contributed by atoms with Crippen molar-refractivity contribution in [2.45, 2.75) is 11.1 Å². The third-order valence-electron chi connectivity index (χ3n) is 1.67. The van der Waals surface area contributed by atoms with Gasteiger partial charge >= 0.3 is 6.18 Å². The molecule has 0 bridgehead atoms. The van der Waals surface area contributed by atoms with Crippen LogP contribution >= 0.6 is 27.7 Å². The molecule has 1 rings (SSSR count). The molecule has 0 aliphatic rings. The number of anilines is 1. The summed E-state index contributed by atoms with van der Waals surface area (Å²) >= 11 is 3.62. The van der Waals surface area contributed by atoms with E-state index >= 15 is 0 Å². The van der Waals surface area contributed by atoms with Crippen molar-refractivity contribution in [3.05, 3.63) is 24.3 Å². The van der Waals surface area contributed by atoms with Crippen molar-refractivity contribution in [2.75, 3.05) is 16.4 Å². The molecule has 0 heterocycles. The van der Waals surface area contributed by atoms with Crippen LogP contribution in [-0.2, 0) is 4.79 Å². The van der Waals surface area contributed by atoms with E-state index in [0.717, 1.165) is 0 Å². The standard InChI is InChI=1S/C10H9BrF3NOS/c11-5-9(16)15-7-3-1-2-4-8(7)17-6-10(12,13)14/h1-4H,5-6H2,(H,15,16). The van der Waals surface area contributed by atoms with Crippen LogP contribution in [0.15, 0.2) is 29.2 Å². The summed E-state index contributed by atoms with van der Waals surface area (Å²) in [5.74, 6) is -1.28. The number of hydrogen-bond donors (Lipinski definition) is 1. The number of carbonyl (C=O) groups excluding carboxylic acids is 1. The van der Waals surface area contributed by atoms with E-state index in [0.29, 0.717) is 22.3 Å². The number of alkyl halides is 4. The normalized spacial score (nSPS) is 11.3. The predicted octanol–water partition coefficient (Wildman–Crippen LogP) is 3.67. The van der Waals surface area contributed by atoms with Crippen molar-refractivity contribution in [1.82, 2.24) is 0 Å². The second-order valence-electron chi connectivity index (χ2n) is 3.08. The molecule has 0 aliphatic heterocycles. The van der Waals surface area contributed by atoms with Crippen molar-refractivity contribution in [1.29, 1.82) is 0 Å². The van der Waals surface area contributed by atoms with Gasteiger partial charge in [-0.1, -0.05) is 28.1 Å². The van der Waals surface area contributed by atoms with Gasteiger partial charge in [0.1, 0.15) is 0 Å². The number of carbonyl (C=O) groups is 1. The van der Waals surface area contributed by atoms with Gasteiger partial charge in [0.25, 0.3) is 0 Å². The van der Waals surface area contributed by atoms with Gasteiger partial charge in [0.2, 0.25) is 5.91 Å². The fourth-order valence-electron chi connectivity index (χ4n) is 1.04. The summed E-state index contributed by atoms with van der Waals surface area (Å²) in [5.41, 5.74) is 0.395. The number of halogens is 4. The highest BCUT2D eigenvalue weighted by Gasteiger charge is 2.27. The molecular weight excluding hydrogens is 319 g/mol. The Bertz CT molecular complexity index is 397. The molecule has 0 unspecified atom stereocenters. The highest BCUT2D eigenvalue weighted by atomic mass is 79.9. The van der Waals surface area contributed by atoms with E-state index in [1.807, 2.05) is 0 Å². The molecule has 0 aromatic heterocycles. The van der Waals surface area contributed by atoms with Gasteiger partial charge in [0.15, 0.2) is 0 Å². The molecular formula is C10H9BrF3NOS. The molecule has 1 amide bonds. The Labute approximate surface area is 109 Å². The van der Waals surface area contributed by atoms with Crippen molar-refractivity contribution in [3.8, 4) is 0 Å². The molecule has 1 aromatic rings. The first kappa shape index (κ1) is 14.4. The smallest absolute Gasteiger partial charge is 0.324 e. The molecule has 2 nitrogen and oxygen atoms in total. The molecule has 94 valence electrons. The third kappa shape index (κ3) is 5.45. The Morgan fingerprint density at radius 1 is 1.35 bits per heavy atom. The molecule has 17 heavy (non-hydrogen) atoms. The van der Waals surface area contributed by atoms with Crippen LogP contribution in [0.5, 0.6) is 0 Å². The van der Waals surface area contributed by atoms with Crippen LogP contribution in [0.1, 0.15) is 0 Å². The van der Waals surface area contributed by atoms with Crippen molar-refractivity contribution in [2.24, 2.45) is 0 Å². The summed E-state index contributed by atoms with van der Waals surface area (Å²) in [6.07, 6.45) is -4.22. The maximum Gasteiger partial charge on any atom is 0.398 e. The molecule has 0 aliphatic carbocycles. The van der Waals surface area contributed by atoms with E-state index in [-0.39, 0.29) is 11.2 Å². The lowest BCUT2D eigenvalue weighted by molar-refractivity contribution is -0.113. The second kappa shape index (κ2) is 6.30. The lowest BCUT2D eigenvalue weighted by atomic mass is 10.3. The minimum atomic E-state index is -4.22. The minimum absolute atomic E-state index is 0.102. The van der Waals surface area contributed by atoms with Crippen LogP contribution in [0.2, 0.25) is 0 Å². The molecule has 0 spiro atoms. The minimum Gasteiger partial charge on any atom is -0.324 e. The lowest BCUT2D eigenvalue weighted by Gasteiger charge is -2.11. The summed E-state index contributed by atoms with van der Waals surface area (Å²) in [6.45, 7) is 0. The van der Waals surface area contributed by atoms with Crippen molar-refractivity contribution in [3.63, 3.8) is 0 Å². The zero-order valence-electron chi connectivity index (χ0n) is 8.55. The summed E-state index contributed by atoms with van der Waals surface area (Å²) in [6, 6.07) is 6.39. The Morgan fingerprint density at radius 3 is 2.59 bits per heavy atom. The van der Waals surface area contributed by atoms with Gasteiger partial charge in [-0.15, -0.1) is 11.8 Å². The highest BCUT2D eigenvalue weighted by molar-refractivity contribution is 9.09. The molecule has 0 saturated heterocycles. The van der Waals surface area contributed by atoms with Crippen LogP contribution in [-0.4, -0.2) is 23.2 Å². The largest absolute Gasteiger partial charge is 0.398 e. The quantitative estimate of drug-likeness (QED) is 0.675. The van der Waals surface area contributed by atoms with E-state index in [1.165, 1.54) is 0 Å².